The summed E-state index contributed by atoms with van der Waals surface area (Å²) < 4.78 is 0. The van der Waals surface area contributed by atoms with Gasteiger partial charge >= 0.3 is 0 Å². The topological polar surface area (TPSA) is 13.0 Å². The molecule has 1 saturated carbocycles. The van der Waals surface area contributed by atoms with Crippen LogP contribution in [0.25, 0.3) is 0 Å². The van der Waals surface area contributed by atoms with Crippen LogP contribution in [-0.4, -0.2) is 97.1 Å². The number of piperidine rings is 1. The normalized spacial score (nSPS) is 30.0. The average molecular weight is 351 g/mol. The second-order valence-corrected chi connectivity index (χ2v) is 9.17. The number of piperazine rings is 1. The van der Waals surface area contributed by atoms with Gasteiger partial charge in [-0.1, -0.05) is 13.8 Å². The van der Waals surface area contributed by atoms with Crippen LogP contribution in [0, 0.1) is 5.41 Å². The minimum Gasteiger partial charge on any atom is -0.305 e. The summed E-state index contributed by atoms with van der Waals surface area (Å²) in [6.07, 6.45) is 5.72. The van der Waals surface area contributed by atoms with Gasteiger partial charge in [-0.3, -0.25) is 9.80 Å². The number of rotatable bonds is 3. The van der Waals surface area contributed by atoms with Crippen LogP contribution in [0.1, 0.15) is 53.4 Å². The first-order valence-corrected chi connectivity index (χ1v) is 11.0. The van der Waals surface area contributed by atoms with Gasteiger partial charge in [-0.2, -0.15) is 0 Å². The molecule has 3 aliphatic heterocycles. The van der Waals surface area contributed by atoms with Crippen LogP contribution in [0.4, 0.5) is 0 Å². The number of hydrogen-bond donors (Lipinski definition) is 0. The van der Waals surface area contributed by atoms with E-state index in [1.54, 1.807) is 0 Å². The van der Waals surface area contributed by atoms with E-state index >= 15 is 0 Å². The molecule has 0 bridgehead atoms. The van der Waals surface area contributed by atoms with Gasteiger partial charge in [0.25, 0.3) is 0 Å². The van der Waals surface area contributed by atoms with Crippen molar-refractivity contribution in [3.63, 3.8) is 0 Å². The molecule has 0 amide bonds. The summed E-state index contributed by atoms with van der Waals surface area (Å²) >= 11 is 0. The van der Waals surface area contributed by atoms with Gasteiger partial charge in [-0.15, -0.1) is 0 Å². The molecule has 25 heavy (non-hydrogen) atoms. The van der Waals surface area contributed by atoms with E-state index in [0.717, 1.165) is 23.5 Å². The Hall–Kier alpha value is -0.160. The van der Waals surface area contributed by atoms with Crippen molar-refractivity contribution in [2.75, 3.05) is 59.4 Å². The highest BCUT2D eigenvalue weighted by atomic mass is 15.3. The molecule has 0 radical (unpaired) electrons. The fraction of sp³-hybridized carbons (Fsp3) is 1.00. The van der Waals surface area contributed by atoms with Crippen molar-refractivity contribution < 1.29 is 0 Å². The lowest BCUT2D eigenvalue weighted by Crippen LogP contribution is -2.67. The predicted molar refractivity (Wildman–Crippen MR) is 107 cm³/mol. The highest BCUT2D eigenvalue weighted by Crippen LogP contribution is 2.49. The zero-order valence-corrected chi connectivity index (χ0v) is 17.5. The Kier molecular flexibility index (Phi) is 6.46. The number of likely N-dealkylation sites (tertiary alicyclic amines) is 2. The van der Waals surface area contributed by atoms with Crippen LogP contribution in [0.3, 0.4) is 0 Å². The molecule has 4 heteroatoms. The maximum atomic E-state index is 2.81. The summed E-state index contributed by atoms with van der Waals surface area (Å²) in [4.78, 5) is 10.7. The highest BCUT2D eigenvalue weighted by Gasteiger charge is 2.52. The number of hydrogen-bond acceptors (Lipinski definition) is 4. The molecule has 4 aliphatic rings. The van der Waals surface area contributed by atoms with E-state index in [2.05, 4.69) is 40.5 Å². The Balaban J connectivity index is 0.000000880. The zero-order valence-electron chi connectivity index (χ0n) is 17.5. The molecule has 4 nitrogen and oxygen atoms in total. The molecule has 0 aromatic heterocycles. The lowest BCUT2D eigenvalue weighted by Gasteiger charge is -2.61. The zero-order chi connectivity index (χ0) is 18.0. The van der Waals surface area contributed by atoms with Crippen LogP contribution in [0.15, 0.2) is 0 Å². The van der Waals surface area contributed by atoms with Crippen molar-refractivity contribution in [3.05, 3.63) is 0 Å². The molecular weight excluding hydrogens is 308 g/mol. The van der Waals surface area contributed by atoms with Crippen LogP contribution in [0.5, 0.6) is 0 Å². The Bertz CT molecular complexity index is 394. The van der Waals surface area contributed by atoms with E-state index < -0.39 is 0 Å². The molecule has 3 heterocycles. The van der Waals surface area contributed by atoms with Gasteiger partial charge < -0.3 is 9.80 Å². The summed E-state index contributed by atoms with van der Waals surface area (Å²) in [7, 11) is 2.27. The van der Waals surface area contributed by atoms with Crippen LogP contribution < -0.4 is 0 Å². The summed E-state index contributed by atoms with van der Waals surface area (Å²) in [6, 6.07) is 2.50. The van der Waals surface area contributed by atoms with Crippen molar-refractivity contribution in [1.29, 1.82) is 0 Å². The largest absolute Gasteiger partial charge is 0.305 e. The van der Waals surface area contributed by atoms with Gasteiger partial charge in [-0.05, 0) is 65.1 Å². The minimum atomic E-state index is 0.726. The van der Waals surface area contributed by atoms with Gasteiger partial charge in [-0.25, -0.2) is 0 Å². The minimum absolute atomic E-state index is 0.726. The van der Waals surface area contributed by atoms with E-state index in [9.17, 15) is 0 Å². The third kappa shape index (κ3) is 4.23. The molecule has 0 aromatic carbocycles. The first-order valence-electron chi connectivity index (χ1n) is 11.0. The second-order valence-electron chi connectivity index (χ2n) is 9.17. The summed E-state index contributed by atoms with van der Waals surface area (Å²) in [5, 5.41) is 0. The fourth-order valence-electron chi connectivity index (χ4n) is 5.79. The lowest BCUT2D eigenvalue weighted by atomic mass is 9.60. The first-order chi connectivity index (χ1) is 12.0. The molecule has 3 saturated heterocycles. The van der Waals surface area contributed by atoms with E-state index in [1.807, 2.05) is 13.8 Å². The predicted octanol–water partition coefficient (Wildman–Crippen LogP) is 2.60. The SMILES string of the molecule is CC.CC(C)N1CCC(N2CCN(C3CC4(C3)CN(C)C4)CC2)CC1. The molecule has 1 aliphatic carbocycles. The average Bonchev–Trinajstić information content (AvgIpc) is 2.59. The standard InChI is InChI=1S/C19H36N4.C2H6/c1-16(2)21-6-4-17(5-7-21)22-8-10-23(11-9-22)18-12-19(13-18)14-20(3)15-19;1-2/h16-18H,4-15H2,1-3H3;1-2H3. The van der Waals surface area contributed by atoms with E-state index in [4.69, 9.17) is 0 Å². The van der Waals surface area contributed by atoms with Crippen LogP contribution in [0.2, 0.25) is 0 Å². The van der Waals surface area contributed by atoms with Gasteiger partial charge in [0, 0.05) is 57.4 Å². The highest BCUT2D eigenvalue weighted by molar-refractivity contribution is 5.07. The Morgan fingerprint density at radius 1 is 0.760 bits per heavy atom. The first kappa shape index (κ1) is 19.6. The molecule has 4 rings (SSSR count). The molecule has 0 atom stereocenters. The van der Waals surface area contributed by atoms with Crippen molar-refractivity contribution in [3.8, 4) is 0 Å². The van der Waals surface area contributed by atoms with E-state index in [1.165, 1.54) is 78.0 Å². The molecular formula is C21H42N4. The van der Waals surface area contributed by atoms with Crippen molar-refractivity contribution in [2.45, 2.75) is 71.5 Å². The van der Waals surface area contributed by atoms with Gasteiger partial charge in [0.2, 0.25) is 0 Å². The maximum absolute atomic E-state index is 2.81. The lowest BCUT2D eigenvalue weighted by molar-refractivity contribution is -0.107. The quantitative estimate of drug-likeness (QED) is 0.775. The molecule has 146 valence electrons. The maximum Gasteiger partial charge on any atom is 0.0121 e. The van der Waals surface area contributed by atoms with E-state index in [0.29, 0.717) is 0 Å². The Morgan fingerprint density at radius 2 is 1.24 bits per heavy atom. The fourth-order valence-corrected chi connectivity index (χ4v) is 5.79. The summed E-state index contributed by atoms with van der Waals surface area (Å²) in [5.41, 5.74) is 0.736. The summed E-state index contributed by atoms with van der Waals surface area (Å²) in [5.74, 6) is 0. The van der Waals surface area contributed by atoms with Crippen molar-refractivity contribution in [2.24, 2.45) is 5.41 Å². The Labute approximate surface area is 156 Å². The molecule has 0 N–H and O–H groups in total. The molecule has 4 fully saturated rings. The monoisotopic (exact) mass is 350 g/mol. The van der Waals surface area contributed by atoms with Crippen molar-refractivity contribution in [1.82, 2.24) is 19.6 Å². The number of nitrogens with zero attached hydrogens (tertiary/aromatic N) is 4. The molecule has 1 spiro atoms. The third-order valence-corrected chi connectivity index (χ3v) is 7.16. The van der Waals surface area contributed by atoms with Crippen LogP contribution >= 0.6 is 0 Å². The van der Waals surface area contributed by atoms with Crippen LogP contribution in [-0.2, 0) is 0 Å². The molecule has 0 unspecified atom stereocenters. The Morgan fingerprint density at radius 3 is 1.68 bits per heavy atom. The molecule has 0 aromatic rings. The third-order valence-electron chi connectivity index (χ3n) is 7.16. The van der Waals surface area contributed by atoms with Gasteiger partial charge in [0.05, 0.1) is 0 Å². The smallest absolute Gasteiger partial charge is 0.0121 e. The van der Waals surface area contributed by atoms with Gasteiger partial charge in [0.15, 0.2) is 0 Å². The van der Waals surface area contributed by atoms with Gasteiger partial charge in [0.1, 0.15) is 0 Å². The van der Waals surface area contributed by atoms with Crippen molar-refractivity contribution >= 4 is 0 Å². The second kappa shape index (κ2) is 8.24. The van der Waals surface area contributed by atoms with E-state index in [-0.39, 0.29) is 0 Å². The summed E-state index contributed by atoms with van der Waals surface area (Å²) in [6.45, 7) is 19.3.